The number of ketones is 1. The Morgan fingerprint density at radius 1 is 1.17 bits per heavy atom. The third-order valence-corrected chi connectivity index (χ3v) is 8.18. The molecule has 2 aromatic heterocycles. The van der Waals surface area contributed by atoms with Gasteiger partial charge in [0.1, 0.15) is 11.9 Å². The quantitative estimate of drug-likeness (QED) is 0.155. The van der Waals surface area contributed by atoms with E-state index in [4.69, 9.17) is 9.72 Å². The van der Waals surface area contributed by atoms with Gasteiger partial charge in [0, 0.05) is 51.4 Å². The number of aromatic nitrogens is 3. The van der Waals surface area contributed by atoms with Crippen LogP contribution in [0.3, 0.4) is 0 Å². The van der Waals surface area contributed by atoms with Crippen molar-refractivity contribution in [1.29, 1.82) is 0 Å². The number of anilines is 2. The van der Waals surface area contributed by atoms with E-state index in [1.807, 2.05) is 24.3 Å². The minimum Gasteiger partial charge on any atom is -0.379 e. The topological polar surface area (TPSA) is 107 Å². The second-order valence-electron chi connectivity index (χ2n) is 11.1. The minimum atomic E-state index is -0.419. The number of rotatable bonds is 14. The van der Waals surface area contributed by atoms with Crippen molar-refractivity contribution in [1.82, 2.24) is 19.8 Å². The Balaban J connectivity index is 1.18. The number of morpholine rings is 1. The number of hydrogen-bond donors (Lipinski definition) is 3. The molecule has 0 radical (unpaired) electrons. The summed E-state index contributed by atoms with van der Waals surface area (Å²) in [5.74, 6) is 1.60. The number of unbranched alkanes of at least 4 members (excludes halogenated alkanes) is 1. The van der Waals surface area contributed by atoms with E-state index >= 15 is 0 Å². The molecule has 0 saturated carbocycles. The summed E-state index contributed by atoms with van der Waals surface area (Å²) < 4.78 is 6.50. The van der Waals surface area contributed by atoms with E-state index in [-0.39, 0.29) is 5.78 Å². The lowest BCUT2D eigenvalue weighted by Crippen LogP contribution is -2.43. The first-order valence-corrected chi connectivity index (χ1v) is 15.1. The van der Waals surface area contributed by atoms with Crippen molar-refractivity contribution < 1.29 is 19.5 Å². The molecule has 1 saturated heterocycles. The zero-order chi connectivity index (χ0) is 28.4. The second kappa shape index (κ2) is 14.5. The SMILES string of the molecule is CC(=O)[C@H](CCN(CCCCc1ccc2c(n1)NCCC2)CCN1CCOCC1)Nc1c2ccccc2nc[n+]1O. The lowest BCUT2D eigenvalue weighted by molar-refractivity contribution is -0.894. The van der Waals surface area contributed by atoms with E-state index in [2.05, 4.69) is 37.6 Å². The first kappa shape index (κ1) is 29.2. The van der Waals surface area contributed by atoms with Crippen LogP contribution in [0, 0.1) is 0 Å². The van der Waals surface area contributed by atoms with Crippen molar-refractivity contribution in [3.8, 4) is 0 Å². The average Bonchev–Trinajstić information content (AvgIpc) is 3.00. The van der Waals surface area contributed by atoms with E-state index in [0.717, 1.165) is 112 Å². The largest absolute Gasteiger partial charge is 0.379 e. The van der Waals surface area contributed by atoms with Crippen molar-refractivity contribution in [2.45, 2.75) is 51.5 Å². The van der Waals surface area contributed by atoms with Crippen LogP contribution in [0.5, 0.6) is 0 Å². The number of pyridine rings is 1. The molecule has 41 heavy (non-hydrogen) atoms. The highest BCUT2D eigenvalue weighted by atomic mass is 16.5. The first-order chi connectivity index (χ1) is 20.1. The molecule has 3 N–H and O–H groups in total. The number of carbonyl (C=O) groups is 1. The third-order valence-electron chi connectivity index (χ3n) is 8.18. The smallest absolute Gasteiger partial charge is 0.271 e. The van der Waals surface area contributed by atoms with Gasteiger partial charge in [0.25, 0.3) is 12.1 Å². The van der Waals surface area contributed by atoms with E-state index in [1.165, 1.54) is 18.3 Å². The monoisotopic (exact) mass is 562 g/mol. The lowest BCUT2D eigenvalue weighted by atomic mass is 10.1. The molecule has 3 aromatic rings. The maximum atomic E-state index is 12.7. The summed E-state index contributed by atoms with van der Waals surface area (Å²) in [6, 6.07) is 11.6. The van der Waals surface area contributed by atoms with Gasteiger partial charge in [0.05, 0.1) is 18.6 Å². The van der Waals surface area contributed by atoms with Gasteiger partial charge in [-0.1, -0.05) is 22.9 Å². The Morgan fingerprint density at radius 3 is 2.88 bits per heavy atom. The molecule has 5 rings (SSSR count). The molecule has 10 nitrogen and oxygen atoms in total. The fourth-order valence-electron chi connectivity index (χ4n) is 5.67. The normalized spacial score (nSPS) is 16.3. The number of benzene rings is 1. The van der Waals surface area contributed by atoms with Crippen LogP contribution in [0.25, 0.3) is 10.9 Å². The summed E-state index contributed by atoms with van der Waals surface area (Å²) in [6.45, 7) is 9.83. The number of nitrogens with zero attached hydrogens (tertiary/aromatic N) is 5. The number of Topliss-reactive ketones (excluding diaryl/α,β-unsaturated/α-hetero) is 1. The average molecular weight is 563 g/mol. The maximum absolute atomic E-state index is 12.7. The Bertz CT molecular complexity index is 1300. The van der Waals surface area contributed by atoms with E-state index < -0.39 is 6.04 Å². The van der Waals surface area contributed by atoms with E-state index in [0.29, 0.717) is 12.2 Å². The van der Waals surface area contributed by atoms with Gasteiger partial charge in [-0.2, -0.15) is 0 Å². The van der Waals surface area contributed by atoms with Gasteiger partial charge in [0.2, 0.25) is 0 Å². The lowest BCUT2D eigenvalue weighted by Gasteiger charge is -2.30. The zero-order valence-corrected chi connectivity index (χ0v) is 24.2. The number of ether oxygens (including phenoxy) is 1. The first-order valence-electron chi connectivity index (χ1n) is 15.1. The highest BCUT2D eigenvalue weighted by Gasteiger charge is 2.24. The molecule has 1 aromatic carbocycles. The van der Waals surface area contributed by atoms with Crippen LogP contribution in [0.4, 0.5) is 11.6 Å². The summed E-state index contributed by atoms with van der Waals surface area (Å²) in [4.78, 5) is 26.8. The molecule has 0 aliphatic carbocycles. The summed E-state index contributed by atoms with van der Waals surface area (Å²) in [7, 11) is 0. The second-order valence-corrected chi connectivity index (χ2v) is 11.1. The Morgan fingerprint density at radius 2 is 2.02 bits per heavy atom. The van der Waals surface area contributed by atoms with Crippen LogP contribution in [0.15, 0.2) is 42.7 Å². The molecule has 2 aliphatic heterocycles. The van der Waals surface area contributed by atoms with Gasteiger partial charge in [-0.3, -0.25) is 15.0 Å². The highest BCUT2D eigenvalue weighted by molar-refractivity contribution is 5.90. The molecule has 1 atom stereocenters. The molecule has 10 heteroatoms. The predicted molar refractivity (Wildman–Crippen MR) is 160 cm³/mol. The summed E-state index contributed by atoms with van der Waals surface area (Å²) in [6.07, 6.45) is 7.40. The molecule has 0 bridgehead atoms. The van der Waals surface area contributed by atoms with Crippen LogP contribution in [0.1, 0.15) is 43.9 Å². The maximum Gasteiger partial charge on any atom is 0.271 e. The van der Waals surface area contributed by atoms with Gasteiger partial charge in [-0.15, -0.1) is 4.98 Å². The molecular weight excluding hydrogens is 518 g/mol. The number of fused-ring (bicyclic) bond motifs is 2. The third kappa shape index (κ3) is 8.12. The van der Waals surface area contributed by atoms with Gasteiger partial charge in [-0.25, -0.2) is 4.98 Å². The molecular formula is C31H44N7O3+. The minimum absolute atomic E-state index is 0.0473. The van der Waals surface area contributed by atoms with Crippen LogP contribution in [-0.4, -0.2) is 95.8 Å². The van der Waals surface area contributed by atoms with Gasteiger partial charge >= 0.3 is 0 Å². The van der Waals surface area contributed by atoms with Gasteiger partial charge in [0.15, 0.2) is 11.3 Å². The molecule has 0 spiro atoms. The van der Waals surface area contributed by atoms with Crippen molar-refractivity contribution in [2.24, 2.45) is 0 Å². The predicted octanol–water partition coefficient (Wildman–Crippen LogP) is 2.93. The fourth-order valence-corrected chi connectivity index (χ4v) is 5.67. The molecule has 0 unspecified atom stereocenters. The van der Waals surface area contributed by atoms with Crippen molar-refractivity contribution in [3.05, 3.63) is 54.0 Å². The van der Waals surface area contributed by atoms with Crippen molar-refractivity contribution in [3.63, 3.8) is 0 Å². The summed E-state index contributed by atoms with van der Waals surface area (Å²) in [5, 5.41) is 18.0. The number of para-hydroxylation sites is 1. The molecule has 2 aliphatic rings. The fraction of sp³-hybridized carbons (Fsp3) is 0.548. The Kier molecular flexibility index (Phi) is 10.3. The molecule has 220 valence electrons. The summed E-state index contributed by atoms with van der Waals surface area (Å²) >= 11 is 0. The van der Waals surface area contributed by atoms with Crippen LogP contribution < -0.4 is 15.4 Å². The number of carbonyl (C=O) groups excluding carboxylic acids is 1. The standard InChI is InChI=1S/C31H43N7O3/c1-24(39)28(35-31-27-9-2-3-10-29(27)33-23-38(31)40)13-16-36(17-18-37-19-21-41-22-20-37)15-5-4-8-26-12-11-25-7-6-14-32-30(25)34-26/h2-3,9-12,23,28,40H,4-8,13-22H2,1H3,(H,32,34)/p+1/t28-/m0/s1. The van der Waals surface area contributed by atoms with Crippen molar-refractivity contribution in [2.75, 3.05) is 69.7 Å². The van der Waals surface area contributed by atoms with Gasteiger partial charge < -0.3 is 20.2 Å². The Labute approximate surface area is 242 Å². The number of aryl methyl sites for hydroxylation is 2. The zero-order valence-electron chi connectivity index (χ0n) is 24.2. The van der Waals surface area contributed by atoms with Crippen molar-refractivity contribution >= 4 is 28.3 Å². The summed E-state index contributed by atoms with van der Waals surface area (Å²) in [5.41, 5.74) is 3.24. The Hall–Kier alpha value is -3.34. The van der Waals surface area contributed by atoms with Crippen LogP contribution in [0.2, 0.25) is 0 Å². The molecule has 1 fully saturated rings. The van der Waals surface area contributed by atoms with Crippen LogP contribution in [-0.2, 0) is 22.4 Å². The number of hydrogen-bond acceptors (Lipinski definition) is 9. The van der Waals surface area contributed by atoms with E-state index in [9.17, 15) is 10.0 Å². The molecule has 0 amide bonds. The van der Waals surface area contributed by atoms with Crippen LogP contribution >= 0.6 is 0 Å². The molecule has 4 heterocycles. The van der Waals surface area contributed by atoms with Gasteiger partial charge in [-0.05, 0) is 69.3 Å². The highest BCUT2D eigenvalue weighted by Crippen LogP contribution is 2.21. The number of nitrogens with one attached hydrogen (secondary N) is 2. The van der Waals surface area contributed by atoms with E-state index in [1.54, 1.807) is 6.92 Å².